The summed E-state index contributed by atoms with van der Waals surface area (Å²) in [6.07, 6.45) is 3.10. The number of carboxylic acids is 1. The molecule has 156 valence electrons. The van der Waals surface area contributed by atoms with Gasteiger partial charge in [-0.1, -0.05) is 43.0 Å². The number of allylic oxidation sites excluding steroid dienone is 1. The third-order valence-electron chi connectivity index (χ3n) is 6.10. The zero-order valence-electron chi connectivity index (χ0n) is 16.4. The highest BCUT2D eigenvalue weighted by molar-refractivity contribution is 6.30. The Labute approximate surface area is 178 Å². The average Bonchev–Trinajstić information content (AvgIpc) is 3.18. The second-order valence-electron chi connectivity index (χ2n) is 7.91. The first-order valence-electron chi connectivity index (χ1n) is 10.1. The lowest BCUT2D eigenvalue weighted by molar-refractivity contribution is -0.138. The number of aliphatic carboxylic acids is 1. The molecular formula is C23H22ClNO5. The van der Waals surface area contributed by atoms with Crippen molar-refractivity contribution >= 4 is 34.9 Å². The van der Waals surface area contributed by atoms with Crippen molar-refractivity contribution < 1.29 is 24.6 Å². The number of Topliss-reactive ketones (excluding diaryl/α,β-unsaturated/α-hetero) is 2. The first kappa shape index (κ1) is 20.4. The molecule has 0 bridgehead atoms. The van der Waals surface area contributed by atoms with E-state index in [1.54, 1.807) is 18.2 Å². The minimum atomic E-state index is -1.12. The molecule has 0 unspecified atom stereocenters. The molecule has 0 atom stereocenters. The summed E-state index contributed by atoms with van der Waals surface area (Å²) in [4.78, 5) is 37.3. The number of carbonyl (C=O) groups is 3. The van der Waals surface area contributed by atoms with Gasteiger partial charge in [-0.2, -0.15) is 0 Å². The SMILES string of the molecule is O=C(O)CCC(=O)C1=C(O)c2ccc(-c3ccc(Cl)cc3)n2C2(CCCCC2)C1=O. The van der Waals surface area contributed by atoms with E-state index in [0.29, 0.717) is 23.6 Å². The minimum absolute atomic E-state index is 0.258. The number of ketones is 2. The highest BCUT2D eigenvalue weighted by atomic mass is 35.5. The highest BCUT2D eigenvalue weighted by Gasteiger charge is 2.50. The number of carbonyl (C=O) groups excluding carboxylic acids is 2. The van der Waals surface area contributed by atoms with Crippen molar-refractivity contribution in [2.75, 3.05) is 0 Å². The molecule has 1 saturated carbocycles. The molecule has 6 nitrogen and oxygen atoms in total. The van der Waals surface area contributed by atoms with E-state index in [0.717, 1.165) is 30.5 Å². The van der Waals surface area contributed by atoms with E-state index in [-0.39, 0.29) is 24.2 Å². The van der Waals surface area contributed by atoms with E-state index in [1.165, 1.54) is 0 Å². The number of rotatable bonds is 5. The maximum Gasteiger partial charge on any atom is 0.303 e. The number of hydrogen-bond acceptors (Lipinski definition) is 4. The molecule has 1 fully saturated rings. The van der Waals surface area contributed by atoms with Gasteiger partial charge >= 0.3 is 5.97 Å². The van der Waals surface area contributed by atoms with Gasteiger partial charge in [0.2, 0.25) is 0 Å². The van der Waals surface area contributed by atoms with Crippen molar-refractivity contribution in [3.8, 4) is 11.3 Å². The van der Waals surface area contributed by atoms with Gasteiger partial charge < -0.3 is 14.8 Å². The molecule has 1 aromatic carbocycles. The van der Waals surface area contributed by atoms with Crippen LogP contribution in [-0.2, 0) is 19.9 Å². The molecule has 30 heavy (non-hydrogen) atoms. The standard InChI is InChI=1S/C23H22ClNO5/c24-15-6-4-14(5-7-15)16-8-9-17-21(29)20(18(26)10-11-19(27)28)22(30)23(25(16)17)12-2-1-3-13-23/h4-9,29H,1-3,10-13H2,(H,27,28). The third kappa shape index (κ3) is 3.25. The summed E-state index contributed by atoms with van der Waals surface area (Å²) in [5.74, 6) is -2.52. The maximum absolute atomic E-state index is 13.7. The molecule has 0 radical (unpaired) electrons. The summed E-state index contributed by atoms with van der Waals surface area (Å²) >= 11 is 6.02. The quantitative estimate of drug-likeness (QED) is 0.671. The van der Waals surface area contributed by atoms with Crippen LogP contribution in [0.3, 0.4) is 0 Å². The van der Waals surface area contributed by atoms with Crippen molar-refractivity contribution in [2.24, 2.45) is 0 Å². The Morgan fingerprint density at radius 3 is 2.23 bits per heavy atom. The molecule has 2 aliphatic rings. The Balaban J connectivity index is 1.89. The highest BCUT2D eigenvalue weighted by Crippen LogP contribution is 2.47. The predicted octanol–water partition coefficient (Wildman–Crippen LogP) is 4.75. The summed E-state index contributed by atoms with van der Waals surface area (Å²) in [5.41, 5.74) is 0.843. The molecule has 4 rings (SSSR count). The second-order valence-corrected chi connectivity index (χ2v) is 8.34. The fourth-order valence-corrected chi connectivity index (χ4v) is 4.82. The molecule has 1 aliphatic heterocycles. The van der Waals surface area contributed by atoms with E-state index < -0.39 is 23.1 Å². The lowest BCUT2D eigenvalue weighted by Crippen LogP contribution is -2.49. The summed E-state index contributed by atoms with van der Waals surface area (Å²) in [6, 6.07) is 10.8. The summed E-state index contributed by atoms with van der Waals surface area (Å²) in [7, 11) is 0. The number of halogens is 1. The zero-order chi connectivity index (χ0) is 21.5. The molecule has 2 aromatic rings. The predicted molar refractivity (Wildman–Crippen MR) is 112 cm³/mol. The van der Waals surface area contributed by atoms with Crippen molar-refractivity contribution in [2.45, 2.75) is 50.5 Å². The molecule has 0 saturated heterocycles. The van der Waals surface area contributed by atoms with Gasteiger partial charge in [0, 0.05) is 17.1 Å². The topological polar surface area (TPSA) is 96.6 Å². The van der Waals surface area contributed by atoms with Crippen LogP contribution in [0.4, 0.5) is 0 Å². The van der Waals surface area contributed by atoms with Crippen LogP contribution >= 0.6 is 11.6 Å². The van der Waals surface area contributed by atoms with E-state index in [9.17, 15) is 19.5 Å². The first-order chi connectivity index (χ1) is 14.3. The lowest BCUT2D eigenvalue weighted by Gasteiger charge is -2.42. The Morgan fingerprint density at radius 1 is 0.967 bits per heavy atom. The normalized spacial score (nSPS) is 17.8. The van der Waals surface area contributed by atoms with Gasteiger partial charge in [-0.3, -0.25) is 14.4 Å². The van der Waals surface area contributed by atoms with Gasteiger partial charge in [0.15, 0.2) is 17.3 Å². The minimum Gasteiger partial charge on any atom is -0.505 e. The Hall–Kier alpha value is -2.86. The number of hydrogen-bond donors (Lipinski definition) is 2. The van der Waals surface area contributed by atoms with Gasteiger partial charge in [0.05, 0.1) is 12.1 Å². The molecule has 2 heterocycles. The van der Waals surface area contributed by atoms with E-state index in [2.05, 4.69) is 0 Å². The Morgan fingerprint density at radius 2 is 1.60 bits per heavy atom. The van der Waals surface area contributed by atoms with Crippen molar-refractivity contribution in [1.82, 2.24) is 4.57 Å². The molecule has 7 heteroatoms. The lowest BCUT2D eigenvalue weighted by atomic mass is 9.72. The van der Waals surface area contributed by atoms with Crippen molar-refractivity contribution in [3.05, 3.63) is 52.7 Å². The summed E-state index contributed by atoms with van der Waals surface area (Å²) in [6.45, 7) is 0. The molecule has 1 spiro atoms. The van der Waals surface area contributed by atoms with Crippen LogP contribution in [0.1, 0.15) is 50.6 Å². The van der Waals surface area contributed by atoms with E-state index >= 15 is 0 Å². The van der Waals surface area contributed by atoms with Crippen LogP contribution in [-0.4, -0.2) is 32.3 Å². The Kier molecular flexibility index (Phi) is 5.28. The van der Waals surface area contributed by atoms with Crippen LogP contribution in [0.15, 0.2) is 42.0 Å². The molecule has 0 amide bonds. The average molecular weight is 428 g/mol. The fourth-order valence-electron chi connectivity index (χ4n) is 4.69. The fraction of sp³-hybridized carbons (Fsp3) is 0.348. The largest absolute Gasteiger partial charge is 0.505 e. The van der Waals surface area contributed by atoms with Crippen LogP contribution in [0, 0.1) is 0 Å². The first-order valence-corrected chi connectivity index (χ1v) is 10.4. The molecule has 1 aliphatic carbocycles. The maximum atomic E-state index is 13.7. The van der Waals surface area contributed by atoms with Gasteiger partial charge in [0.25, 0.3) is 0 Å². The van der Waals surface area contributed by atoms with E-state index in [4.69, 9.17) is 16.7 Å². The van der Waals surface area contributed by atoms with Gasteiger partial charge in [-0.05, 0) is 42.7 Å². The Bertz CT molecular complexity index is 1060. The van der Waals surface area contributed by atoms with E-state index in [1.807, 2.05) is 22.8 Å². The smallest absolute Gasteiger partial charge is 0.303 e. The molecule has 1 aromatic heterocycles. The van der Waals surface area contributed by atoms with Gasteiger partial charge in [-0.15, -0.1) is 0 Å². The van der Waals surface area contributed by atoms with Crippen LogP contribution < -0.4 is 0 Å². The van der Waals surface area contributed by atoms with Crippen molar-refractivity contribution in [3.63, 3.8) is 0 Å². The van der Waals surface area contributed by atoms with Crippen LogP contribution in [0.2, 0.25) is 5.02 Å². The summed E-state index contributed by atoms with van der Waals surface area (Å²) in [5, 5.41) is 20.4. The number of fused-ring (bicyclic) bond motifs is 2. The number of aromatic nitrogens is 1. The number of aliphatic hydroxyl groups excluding tert-OH is 1. The van der Waals surface area contributed by atoms with Crippen molar-refractivity contribution in [1.29, 1.82) is 0 Å². The van der Waals surface area contributed by atoms with Gasteiger partial charge in [-0.25, -0.2) is 0 Å². The van der Waals surface area contributed by atoms with Crippen LogP contribution in [0.5, 0.6) is 0 Å². The van der Waals surface area contributed by atoms with Gasteiger partial charge in [0.1, 0.15) is 11.1 Å². The number of carboxylic acid groups (broad SMARTS) is 1. The number of nitrogens with zero attached hydrogens (tertiary/aromatic N) is 1. The third-order valence-corrected chi connectivity index (χ3v) is 6.36. The molecule has 2 N–H and O–H groups in total. The summed E-state index contributed by atoms with van der Waals surface area (Å²) < 4.78 is 1.88. The monoisotopic (exact) mass is 427 g/mol. The zero-order valence-corrected chi connectivity index (χ0v) is 17.1. The second kappa shape index (κ2) is 7.76. The number of benzene rings is 1. The van der Waals surface area contributed by atoms with Crippen LogP contribution in [0.25, 0.3) is 17.0 Å². The molecular weight excluding hydrogens is 406 g/mol. The number of aliphatic hydroxyl groups is 1.